The van der Waals surface area contributed by atoms with Crippen LogP contribution in [0, 0.1) is 0 Å². The number of hydrogen-bond acceptors (Lipinski definition) is 5. The highest BCUT2D eigenvalue weighted by Gasteiger charge is 2.46. The zero-order chi connectivity index (χ0) is 22.3. The Hall–Kier alpha value is -0.940. The summed E-state index contributed by atoms with van der Waals surface area (Å²) in [4.78, 5) is 23.0. The lowest BCUT2D eigenvalue weighted by atomic mass is 9.79. The Balaban J connectivity index is 3.45. The molecule has 0 spiro atoms. The van der Waals surface area contributed by atoms with Gasteiger partial charge in [0.25, 0.3) is 0 Å². The van der Waals surface area contributed by atoms with Crippen LogP contribution in [0.5, 0.6) is 5.75 Å². The molecule has 0 aliphatic rings. The molecular formula is C21H34O5PS+. The topological polar surface area (TPSA) is 83.8 Å². The molecule has 0 saturated carbocycles. The smallest absolute Gasteiger partial charge is 0.507 e. The summed E-state index contributed by atoms with van der Waals surface area (Å²) >= 11 is 1.36. The van der Waals surface area contributed by atoms with E-state index in [2.05, 4.69) is 0 Å². The summed E-state index contributed by atoms with van der Waals surface area (Å²) in [5, 5.41) is 10.9. The highest BCUT2D eigenvalue weighted by molar-refractivity contribution is 8.01. The first-order valence-electron chi connectivity index (χ1n) is 9.26. The van der Waals surface area contributed by atoms with Crippen LogP contribution in [0.2, 0.25) is 0 Å². The molecule has 28 heavy (non-hydrogen) atoms. The van der Waals surface area contributed by atoms with Crippen molar-refractivity contribution in [2.75, 3.05) is 0 Å². The van der Waals surface area contributed by atoms with Gasteiger partial charge in [-0.3, -0.25) is 4.79 Å². The lowest BCUT2D eigenvalue weighted by Gasteiger charge is -2.31. The number of Topliss-reactive ketones (excluding diaryl/α,β-unsaturated/α-hetero) is 1. The van der Waals surface area contributed by atoms with Crippen LogP contribution in [0.4, 0.5) is 0 Å². The third-order valence-corrected chi connectivity index (χ3v) is 6.25. The van der Waals surface area contributed by atoms with Crippen LogP contribution in [0.15, 0.2) is 17.0 Å². The van der Waals surface area contributed by atoms with Crippen molar-refractivity contribution >= 4 is 25.8 Å². The number of rotatable bonds is 6. The van der Waals surface area contributed by atoms with E-state index in [0.717, 1.165) is 16.0 Å². The number of phenolic OH excluding ortho intramolecular Hbond substituents is 1. The second-order valence-electron chi connectivity index (χ2n) is 10.1. The van der Waals surface area contributed by atoms with Crippen LogP contribution < -0.4 is 0 Å². The summed E-state index contributed by atoms with van der Waals surface area (Å²) < 4.78 is 15.1. The van der Waals surface area contributed by atoms with E-state index in [1.54, 1.807) is 13.8 Å². The summed E-state index contributed by atoms with van der Waals surface area (Å²) in [6.45, 7) is 18.8. The molecule has 0 bridgehead atoms. The highest BCUT2D eigenvalue weighted by Crippen LogP contribution is 2.45. The summed E-state index contributed by atoms with van der Waals surface area (Å²) in [6.07, 6.45) is 0. The van der Waals surface area contributed by atoms with Gasteiger partial charge in [0.2, 0.25) is 0 Å². The minimum absolute atomic E-state index is 0.271. The van der Waals surface area contributed by atoms with Gasteiger partial charge in [0.15, 0.2) is 11.4 Å². The molecule has 5 nitrogen and oxygen atoms in total. The third-order valence-electron chi connectivity index (χ3n) is 4.47. The van der Waals surface area contributed by atoms with Gasteiger partial charge >= 0.3 is 8.25 Å². The molecule has 7 heteroatoms. The zero-order valence-electron chi connectivity index (χ0n) is 18.6. The standard InChI is InChI=1S/C21H33O5PS/c1-18(2,3)14-11-13(12-15(16(14)22)19(4,5)6)28-21(9,10)17(23)20(7,8)26-27(24)25/h11-12H,1-10H3,(H-,22,24,25)/p+1. The number of ketones is 1. The van der Waals surface area contributed by atoms with Gasteiger partial charge in [-0.25, -0.2) is 0 Å². The van der Waals surface area contributed by atoms with Crippen molar-refractivity contribution in [3.63, 3.8) is 0 Å². The van der Waals surface area contributed by atoms with Crippen molar-refractivity contribution in [1.82, 2.24) is 0 Å². The van der Waals surface area contributed by atoms with Gasteiger partial charge < -0.3 is 5.11 Å². The monoisotopic (exact) mass is 429 g/mol. The van der Waals surface area contributed by atoms with E-state index in [1.807, 2.05) is 53.7 Å². The lowest BCUT2D eigenvalue weighted by molar-refractivity contribution is -0.133. The molecule has 0 saturated heterocycles. The molecule has 0 radical (unpaired) electrons. The highest BCUT2D eigenvalue weighted by atomic mass is 32.2. The molecule has 0 heterocycles. The van der Waals surface area contributed by atoms with Gasteiger partial charge in [-0.2, -0.15) is 0 Å². The summed E-state index contributed by atoms with van der Waals surface area (Å²) in [6, 6.07) is 3.84. The molecular weight excluding hydrogens is 395 g/mol. The van der Waals surface area contributed by atoms with Gasteiger partial charge in [-0.1, -0.05) is 41.5 Å². The largest absolute Gasteiger partial charge is 0.695 e. The Morgan fingerprint density at radius 1 is 0.929 bits per heavy atom. The van der Waals surface area contributed by atoms with E-state index in [0.29, 0.717) is 0 Å². The Labute approximate surface area is 174 Å². The van der Waals surface area contributed by atoms with Crippen LogP contribution >= 0.6 is 20.0 Å². The average Bonchev–Trinajstić information content (AvgIpc) is 2.44. The lowest BCUT2D eigenvalue weighted by Crippen LogP contribution is -2.45. The van der Waals surface area contributed by atoms with Crippen LogP contribution in [-0.2, 0) is 24.7 Å². The SMILES string of the molecule is CC(C)(O[P+](=O)O)C(=O)C(C)(C)Sc1cc(C(C)(C)C)c(O)c(C(C)(C)C)c1. The number of aromatic hydroxyl groups is 1. The molecule has 1 atom stereocenters. The first-order valence-corrected chi connectivity index (χ1v) is 11.2. The Bertz CT molecular complexity index is 735. The molecule has 0 amide bonds. The fraction of sp³-hybridized carbons (Fsp3) is 0.667. The van der Waals surface area contributed by atoms with Crippen LogP contribution in [0.1, 0.15) is 80.4 Å². The van der Waals surface area contributed by atoms with Gasteiger partial charge in [-0.15, -0.1) is 21.2 Å². The van der Waals surface area contributed by atoms with Crippen molar-refractivity contribution in [2.24, 2.45) is 0 Å². The zero-order valence-corrected chi connectivity index (χ0v) is 20.3. The van der Waals surface area contributed by atoms with E-state index in [-0.39, 0.29) is 22.4 Å². The molecule has 1 aromatic rings. The maximum atomic E-state index is 13.0. The molecule has 1 rings (SSSR count). The second-order valence-corrected chi connectivity index (χ2v) is 12.5. The van der Waals surface area contributed by atoms with E-state index >= 15 is 0 Å². The fourth-order valence-corrected chi connectivity index (χ4v) is 4.87. The maximum Gasteiger partial charge on any atom is 0.695 e. The van der Waals surface area contributed by atoms with E-state index < -0.39 is 18.6 Å². The predicted molar refractivity (Wildman–Crippen MR) is 115 cm³/mol. The summed E-state index contributed by atoms with van der Waals surface area (Å²) in [7, 11) is -2.89. The molecule has 158 valence electrons. The molecule has 0 fully saturated rings. The number of phenols is 1. The molecule has 2 N–H and O–H groups in total. The Morgan fingerprint density at radius 3 is 1.64 bits per heavy atom. The fourth-order valence-electron chi connectivity index (χ4n) is 3.11. The van der Waals surface area contributed by atoms with Gasteiger partial charge in [0.05, 0.1) is 4.75 Å². The van der Waals surface area contributed by atoms with Crippen molar-refractivity contribution in [3.8, 4) is 5.75 Å². The average molecular weight is 430 g/mol. The summed E-state index contributed by atoms with van der Waals surface area (Å²) in [5.74, 6) is -0.000449. The van der Waals surface area contributed by atoms with Gasteiger partial charge in [-0.05, 0) is 50.7 Å². The Morgan fingerprint density at radius 2 is 1.32 bits per heavy atom. The quantitative estimate of drug-likeness (QED) is 0.434. The molecule has 0 aliphatic heterocycles. The van der Waals surface area contributed by atoms with Crippen LogP contribution in [0.25, 0.3) is 0 Å². The molecule has 0 aromatic heterocycles. The van der Waals surface area contributed by atoms with Crippen molar-refractivity contribution in [1.29, 1.82) is 0 Å². The first kappa shape index (κ1) is 25.1. The van der Waals surface area contributed by atoms with Crippen molar-refractivity contribution in [2.45, 2.75) is 95.3 Å². The number of hydrogen-bond donors (Lipinski definition) is 2. The van der Waals surface area contributed by atoms with Crippen LogP contribution in [-0.4, -0.2) is 26.1 Å². The van der Waals surface area contributed by atoms with Crippen molar-refractivity contribution < 1.29 is 23.9 Å². The molecule has 0 aliphatic carbocycles. The predicted octanol–water partition coefficient (Wildman–Crippen LogP) is 5.87. The Kier molecular flexibility index (Phi) is 7.22. The van der Waals surface area contributed by atoms with Crippen LogP contribution in [0.3, 0.4) is 0 Å². The summed E-state index contributed by atoms with van der Waals surface area (Å²) in [5.41, 5.74) is -0.298. The van der Waals surface area contributed by atoms with E-state index in [1.165, 1.54) is 25.6 Å². The molecule has 1 aromatic carbocycles. The second kappa shape index (κ2) is 8.06. The van der Waals surface area contributed by atoms with Gasteiger partial charge in [0.1, 0.15) is 5.75 Å². The van der Waals surface area contributed by atoms with E-state index in [9.17, 15) is 14.5 Å². The number of carbonyl (C=O) groups excluding carboxylic acids is 1. The first-order chi connectivity index (χ1) is 12.3. The maximum absolute atomic E-state index is 13.0. The molecule has 1 unspecified atom stereocenters. The number of benzene rings is 1. The minimum atomic E-state index is -2.89. The number of carbonyl (C=O) groups is 1. The normalized spacial score (nSPS) is 14.2. The van der Waals surface area contributed by atoms with E-state index in [4.69, 9.17) is 9.42 Å². The minimum Gasteiger partial charge on any atom is -0.507 e. The van der Waals surface area contributed by atoms with Crippen molar-refractivity contribution in [3.05, 3.63) is 23.3 Å². The number of thioether (sulfide) groups is 1. The van der Waals surface area contributed by atoms with Gasteiger partial charge in [0, 0.05) is 20.6 Å². The third kappa shape index (κ3) is 6.03.